The topological polar surface area (TPSA) is 75.4 Å². The summed E-state index contributed by atoms with van der Waals surface area (Å²) in [6, 6.07) is 13.0. The third-order valence-corrected chi connectivity index (χ3v) is 6.05. The molecule has 5 rings (SSSR count). The smallest absolute Gasteiger partial charge is 0.335 e. The van der Waals surface area contributed by atoms with Crippen LogP contribution in [0.5, 0.6) is 0 Å². The molecule has 1 fully saturated rings. The van der Waals surface area contributed by atoms with E-state index in [-0.39, 0.29) is 11.1 Å². The van der Waals surface area contributed by atoms with Crippen LogP contribution in [-0.2, 0) is 6.54 Å². The average molecular weight is 401 g/mol. The SMILES string of the molecule is O=C(O)c1ccc2c(=O)n3c(nc2c1)/C(=C/c1ccc(N2CCCCC2)cc1)CC3. The van der Waals surface area contributed by atoms with Crippen molar-refractivity contribution in [1.29, 1.82) is 0 Å². The van der Waals surface area contributed by atoms with E-state index in [1.807, 2.05) is 0 Å². The highest BCUT2D eigenvalue weighted by atomic mass is 16.4. The number of piperidine rings is 1. The second-order valence-corrected chi connectivity index (χ2v) is 7.99. The highest BCUT2D eigenvalue weighted by Gasteiger charge is 2.21. The maximum Gasteiger partial charge on any atom is 0.335 e. The van der Waals surface area contributed by atoms with Crippen molar-refractivity contribution >= 4 is 34.2 Å². The minimum absolute atomic E-state index is 0.115. The lowest BCUT2D eigenvalue weighted by Crippen LogP contribution is -2.29. The van der Waals surface area contributed by atoms with E-state index in [1.54, 1.807) is 10.6 Å². The van der Waals surface area contributed by atoms with Crippen molar-refractivity contribution in [3.8, 4) is 0 Å². The summed E-state index contributed by atoms with van der Waals surface area (Å²) < 4.78 is 1.69. The number of aromatic nitrogens is 2. The van der Waals surface area contributed by atoms with E-state index in [0.717, 1.165) is 30.6 Å². The monoisotopic (exact) mass is 401 g/mol. The standard InChI is InChI=1S/C24H23N3O3/c28-23-20-9-6-18(24(29)30)15-21(20)25-22-17(10-13-27(22)23)14-16-4-7-19(8-5-16)26-11-2-1-3-12-26/h4-9,14-15H,1-3,10-13H2,(H,29,30)/b17-14+. The van der Waals surface area contributed by atoms with Gasteiger partial charge in [-0.25, -0.2) is 9.78 Å². The van der Waals surface area contributed by atoms with Gasteiger partial charge in [-0.05, 0) is 73.2 Å². The Kier molecular flexibility index (Phi) is 4.62. The van der Waals surface area contributed by atoms with Gasteiger partial charge in [-0.3, -0.25) is 9.36 Å². The first kappa shape index (κ1) is 18.6. The van der Waals surface area contributed by atoms with Gasteiger partial charge in [0.2, 0.25) is 0 Å². The first-order valence-corrected chi connectivity index (χ1v) is 10.4. The molecule has 152 valence electrons. The van der Waals surface area contributed by atoms with Crippen molar-refractivity contribution in [2.75, 3.05) is 18.0 Å². The van der Waals surface area contributed by atoms with Crippen LogP contribution in [0, 0.1) is 0 Å². The number of aromatic carboxylic acids is 1. The fraction of sp³-hybridized carbons (Fsp3) is 0.292. The number of carboxylic acids is 1. The number of anilines is 1. The van der Waals surface area contributed by atoms with Crippen LogP contribution < -0.4 is 10.5 Å². The number of hydrogen-bond acceptors (Lipinski definition) is 4. The normalized spacial score (nSPS) is 17.5. The highest BCUT2D eigenvalue weighted by Crippen LogP contribution is 2.28. The number of hydrogen-bond donors (Lipinski definition) is 1. The minimum atomic E-state index is -1.02. The molecular formula is C24H23N3O3. The molecule has 0 bridgehead atoms. The first-order chi connectivity index (χ1) is 14.6. The van der Waals surface area contributed by atoms with Crippen molar-refractivity contribution in [2.24, 2.45) is 0 Å². The van der Waals surface area contributed by atoms with Crippen molar-refractivity contribution in [1.82, 2.24) is 9.55 Å². The Morgan fingerprint density at radius 2 is 1.77 bits per heavy atom. The minimum Gasteiger partial charge on any atom is -0.478 e. The van der Waals surface area contributed by atoms with E-state index in [2.05, 4.69) is 40.2 Å². The zero-order valence-corrected chi connectivity index (χ0v) is 16.7. The van der Waals surface area contributed by atoms with Crippen LogP contribution in [-0.4, -0.2) is 33.7 Å². The molecule has 0 saturated carbocycles. The third-order valence-electron chi connectivity index (χ3n) is 6.05. The quantitative estimate of drug-likeness (QED) is 0.717. The molecular weight excluding hydrogens is 378 g/mol. The average Bonchev–Trinajstić information content (AvgIpc) is 3.17. The predicted molar refractivity (Wildman–Crippen MR) is 118 cm³/mol. The van der Waals surface area contributed by atoms with Crippen LogP contribution in [0.15, 0.2) is 47.3 Å². The van der Waals surface area contributed by atoms with Crippen LogP contribution in [0.2, 0.25) is 0 Å². The molecule has 3 aromatic rings. The van der Waals surface area contributed by atoms with E-state index < -0.39 is 5.97 Å². The fourth-order valence-electron chi connectivity index (χ4n) is 4.42. The molecule has 3 heterocycles. The summed E-state index contributed by atoms with van der Waals surface area (Å²) >= 11 is 0. The zero-order chi connectivity index (χ0) is 20.7. The molecule has 0 amide bonds. The maximum absolute atomic E-state index is 12.9. The van der Waals surface area contributed by atoms with Gasteiger partial charge in [-0.1, -0.05) is 12.1 Å². The Hall–Kier alpha value is -3.41. The van der Waals surface area contributed by atoms with E-state index in [1.165, 1.54) is 37.1 Å². The van der Waals surface area contributed by atoms with Gasteiger partial charge in [-0.2, -0.15) is 0 Å². The summed E-state index contributed by atoms with van der Waals surface area (Å²) in [6.45, 7) is 2.83. The number of allylic oxidation sites excluding steroid dienone is 1. The summed E-state index contributed by atoms with van der Waals surface area (Å²) in [7, 11) is 0. The molecule has 1 N–H and O–H groups in total. The molecule has 1 aromatic heterocycles. The molecule has 1 saturated heterocycles. The Bertz CT molecular complexity index is 1220. The van der Waals surface area contributed by atoms with Gasteiger partial charge >= 0.3 is 5.97 Å². The van der Waals surface area contributed by atoms with Gasteiger partial charge < -0.3 is 10.0 Å². The Morgan fingerprint density at radius 1 is 1.00 bits per heavy atom. The summed E-state index contributed by atoms with van der Waals surface area (Å²) in [5.41, 5.74) is 3.78. The number of benzene rings is 2. The van der Waals surface area contributed by atoms with Gasteiger partial charge in [0.1, 0.15) is 5.82 Å². The van der Waals surface area contributed by atoms with Crippen LogP contribution in [0.4, 0.5) is 5.69 Å². The zero-order valence-electron chi connectivity index (χ0n) is 16.7. The van der Waals surface area contributed by atoms with Crippen molar-refractivity contribution in [3.05, 3.63) is 69.8 Å². The predicted octanol–water partition coefficient (Wildman–Crippen LogP) is 4.03. The summed E-state index contributed by atoms with van der Waals surface area (Å²) in [6.07, 6.45) is 6.63. The number of carbonyl (C=O) groups is 1. The van der Waals surface area contributed by atoms with Gasteiger partial charge in [0, 0.05) is 25.3 Å². The molecule has 2 aliphatic heterocycles. The molecule has 6 nitrogen and oxygen atoms in total. The molecule has 30 heavy (non-hydrogen) atoms. The number of carboxylic acid groups (broad SMARTS) is 1. The van der Waals surface area contributed by atoms with Gasteiger partial charge in [0.25, 0.3) is 5.56 Å². The van der Waals surface area contributed by atoms with Crippen molar-refractivity contribution < 1.29 is 9.90 Å². The Morgan fingerprint density at radius 3 is 2.50 bits per heavy atom. The lowest BCUT2D eigenvalue weighted by molar-refractivity contribution is 0.0697. The van der Waals surface area contributed by atoms with Crippen molar-refractivity contribution in [2.45, 2.75) is 32.2 Å². The maximum atomic E-state index is 12.9. The van der Waals surface area contributed by atoms with E-state index in [0.29, 0.717) is 23.3 Å². The largest absolute Gasteiger partial charge is 0.478 e. The summed E-state index contributed by atoms with van der Waals surface area (Å²) in [5, 5.41) is 9.70. The second kappa shape index (κ2) is 7.44. The molecule has 0 spiro atoms. The van der Waals surface area contributed by atoms with Crippen LogP contribution in [0.1, 0.15) is 47.4 Å². The van der Waals surface area contributed by atoms with Gasteiger partial charge in [-0.15, -0.1) is 0 Å². The Balaban J connectivity index is 1.50. The second-order valence-electron chi connectivity index (χ2n) is 7.99. The van der Waals surface area contributed by atoms with Crippen molar-refractivity contribution in [3.63, 3.8) is 0 Å². The highest BCUT2D eigenvalue weighted by molar-refractivity contribution is 5.93. The molecule has 2 aromatic carbocycles. The first-order valence-electron chi connectivity index (χ1n) is 10.4. The van der Waals surface area contributed by atoms with Crippen LogP contribution >= 0.6 is 0 Å². The fourth-order valence-corrected chi connectivity index (χ4v) is 4.42. The summed E-state index contributed by atoms with van der Waals surface area (Å²) in [4.78, 5) is 31.2. The molecule has 2 aliphatic rings. The van der Waals surface area contributed by atoms with Crippen LogP contribution in [0.3, 0.4) is 0 Å². The van der Waals surface area contributed by atoms with E-state index in [4.69, 9.17) is 0 Å². The van der Waals surface area contributed by atoms with E-state index >= 15 is 0 Å². The number of fused-ring (bicyclic) bond motifs is 2. The molecule has 0 unspecified atom stereocenters. The van der Waals surface area contributed by atoms with Gasteiger partial charge in [0.15, 0.2) is 0 Å². The van der Waals surface area contributed by atoms with Gasteiger partial charge in [0.05, 0.1) is 16.5 Å². The molecule has 0 aliphatic carbocycles. The third kappa shape index (κ3) is 3.28. The molecule has 0 radical (unpaired) electrons. The van der Waals surface area contributed by atoms with E-state index in [9.17, 15) is 14.7 Å². The summed E-state index contributed by atoms with van der Waals surface area (Å²) in [5.74, 6) is -0.390. The number of nitrogens with zero attached hydrogens (tertiary/aromatic N) is 3. The molecule has 6 heteroatoms. The lowest BCUT2D eigenvalue weighted by Gasteiger charge is -2.28. The molecule has 0 atom stereocenters. The van der Waals surface area contributed by atoms with Crippen LogP contribution in [0.25, 0.3) is 22.6 Å². The Labute approximate surface area is 174 Å². The number of rotatable bonds is 3. The lowest BCUT2D eigenvalue weighted by atomic mass is 10.1.